The van der Waals surface area contributed by atoms with Crippen LogP contribution in [0.5, 0.6) is 0 Å². The third kappa shape index (κ3) is 13.9. The molecule has 0 aromatic heterocycles. The van der Waals surface area contributed by atoms with Crippen molar-refractivity contribution < 1.29 is 4.84 Å². The molecule has 0 amide bonds. The molecule has 0 heterocycles. The Bertz CT molecular complexity index is 103. The molecule has 0 saturated heterocycles. The number of hydrogen-bond donors (Lipinski definition) is 0. The van der Waals surface area contributed by atoms with E-state index in [9.17, 15) is 0 Å². The van der Waals surface area contributed by atoms with Crippen LogP contribution >= 0.6 is 0 Å². The molecule has 0 aromatic rings. The molecule has 2 heteroatoms. The minimum atomic E-state index is 0.776. The van der Waals surface area contributed by atoms with Gasteiger partial charge in [0.15, 0.2) is 0 Å². The molecule has 0 fully saturated rings. The van der Waals surface area contributed by atoms with Gasteiger partial charge in [-0.15, -0.1) is 0 Å². The van der Waals surface area contributed by atoms with Crippen LogP contribution in [0.4, 0.5) is 0 Å². The van der Waals surface area contributed by atoms with Crippen LogP contribution < -0.4 is 5.48 Å². The van der Waals surface area contributed by atoms with Crippen molar-refractivity contribution in [1.82, 2.24) is 5.48 Å². The molecule has 0 spiro atoms. The standard InChI is InChI=1S/C14H30NO/c1-3-5-6-7-8-9-10-11-12-13-14-16-15-4-2/h3-14H2,1-2H3. The third-order valence-electron chi connectivity index (χ3n) is 2.81. The molecule has 0 aliphatic carbocycles. The van der Waals surface area contributed by atoms with E-state index in [1.54, 1.807) is 0 Å². The minimum Gasteiger partial charge on any atom is -0.282 e. The largest absolute Gasteiger partial charge is 0.282 e. The molecule has 0 saturated carbocycles. The highest BCUT2D eigenvalue weighted by Crippen LogP contribution is 2.10. The highest BCUT2D eigenvalue weighted by atomic mass is 16.6. The summed E-state index contributed by atoms with van der Waals surface area (Å²) in [6.45, 7) is 5.85. The van der Waals surface area contributed by atoms with Crippen LogP contribution in [-0.2, 0) is 4.84 Å². The first kappa shape index (κ1) is 15.9. The minimum absolute atomic E-state index is 0.776. The van der Waals surface area contributed by atoms with Gasteiger partial charge in [0, 0.05) is 6.54 Å². The van der Waals surface area contributed by atoms with Crippen LogP contribution in [0.2, 0.25) is 0 Å². The molecule has 97 valence electrons. The monoisotopic (exact) mass is 228 g/mol. The Balaban J connectivity index is 2.83. The number of unbranched alkanes of at least 4 members (excludes halogenated alkanes) is 9. The molecule has 16 heavy (non-hydrogen) atoms. The van der Waals surface area contributed by atoms with Gasteiger partial charge >= 0.3 is 0 Å². The molecular formula is C14H30NO. The maximum Gasteiger partial charge on any atom is 0.0702 e. The Morgan fingerprint density at radius 2 is 1.19 bits per heavy atom. The lowest BCUT2D eigenvalue weighted by Gasteiger charge is -2.02. The van der Waals surface area contributed by atoms with E-state index < -0.39 is 0 Å². The summed E-state index contributed by atoms with van der Waals surface area (Å²) in [5.41, 5.74) is 3.85. The molecule has 0 unspecified atom stereocenters. The molecule has 0 bridgehead atoms. The molecule has 0 rings (SSSR count). The van der Waals surface area contributed by atoms with E-state index in [1.165, 1.54) is 64.2 Å². The van der Waals surface area contributed by atoms with E-state index in [0.717, 1.165) is 13.2 Å². The number of hydrogen-bond acceptors (Lipinski definition) is 1. The zero-order valence-electron chi connectivity index (χ0n) is 11.3. The van der Waals surface area contributed by atoms with Gasteiger partial charge in [-0.1, -0.05) is 70.2 Å². The van der Waals surface area contributed by atoms with Crippen LogP contribution in [0.3, 0.4) is 0 Å². The van der Waals surface area contributed by atoms with Crippen molar-refractivity contribution in [3.05, 3.63) is 0 Å². The first-order valence-corrected chi connectivity index (χ1v) is 7.20. The lowest BCUT2D eigenvalue weighted by molar-refractivity contribution is 0.0338. The molecule has 0 N–H and O–H groups in total. The summed E-state index contributed by atoms with van der Waals surface area (Å²) < 4.78 is 0. The van der Waals surface area contributed by atoms with Crippen molar-refractivity contribution in [3.63, 3.8) is 0 Å². The van der Waals surface area contributed by atoms with E-state index in [2.05, 4.69) is 12.4 Å². The van der Waals surface area contributed by atoms with E-state index in [-0.39, 0.29) is 0 Å². The highest BCUT2D eigenvalue weighted by molar-refractivity contribution is 4.47. The maximum absolute atomic E-state index is 5.08. The molecule has 0 aliphatic rings. The lowest BCUT2D eigenvalue weighted by atomic mass is 10.1. The van der Waals surface area contributed by atoms with Gasteiger partial charge in [-0.05, 0) is 13.3 Å². The molecular weight excluding hydrogens is 198 g/mol. The summed E-state index contributed by atoms with van der Waals surface area (Å²) in [6.07, 6.45) is 13.7. The fraction of sp³-hybridized carbons (Fsp3) is 1.00. The smallest absolute Gasteiger partial charge is 0.0702 e. The van der Waals surface area contributed by atoms with Gasteiger partial charge in [-0.25, -0.2) is 0 Å². The van der Waals surface area contributed by atoms with Gasteiger partial charge in [0.05, 0.1) is 6.61 Å². The highest BCUT2D eigenvalue weighted by Gasteiger charge is 1.92. The predicted molar refractivity (Wildman–Crippen MR) is 70.5 cm³/mol. The fourth-order valence-electron chi connectivity index (χ4n) is 1.81. The molecule has 0 aliphatic heterocycles. The van der Waals surface area contributed by atoms with Gasteiger partial charge in [0.2, 0.25) is 0 Å². The van der Waals surface area contributed by atoms with Crippen LogP contribution in [-0.4, -0.2) is 13.2 Å². The Morgan fingerprint density at radius 1 is 0.688 bits per heavy atom. The van der Waals surface area contributed by atoms with Crippen LogP contribution in [0.1, 0.15) is 78.1 Å². The van der Waals surface area contributed by atoms with E-state index in [1.807, 2.05) is 6.92 Å². The van der Waals surface area contributed by atoms with Crippen LogP contribution in [0, 0.1) is 0 Å². The Kier molecular flexibility index (Phi) is 14.8. The normalized spacial score (nSPS) is 10.9. The second-order valence-corrected chi connectivity index (χ2v) is 4.46. The predicted octanol–water partition coefficient (Wildman–Crippen LogP) is 4.46. The quantitative estimate of drug-likeness (QED) is 0.337. The molecule has 0 aromatic carbocycles. The summed E-state index contributed by atoms with van der Waals surface area (Å²) in [5, 5.41) is 0. The number of rotatable bonds is 13. The number of nitrogens with zero attached hydrogens (tertiary/aromatic N) is 1. The van der Waals surface area contributed by atoms with Crippen molar-refractivity contribution in [2.75, 3.05) is 13.2 Å². The molecule has 1 radical (unpaired) electrons. The van der Waals surface area contributed by atoms with E-state index in [4.69, 9.17) is 4.84 Å². The third-order valence-corrected chi connectivity index (χ3v) is 2.81. The van der Waals surface area contributed by atoms with E-state index in [0.29, 0.717) is 0 Å². The Labute approximate surface area is 102 Å². The zero-order chi connectivity index (χ0) is 11.9. The molecule has 2 nitrogen and oxygen atoms in total. The summed E-state index contributed by atoms with van der Waals surface area (Å²) in [4.78, 5) is 5.08. The number of hydroxylamine groups is 1. The van der Waals surface area contributed by atoms with Crippen LogP contribution in [0.25, 0.3) is 0 Å². The SMILES string of the molecule is CCCCCCCCCCCCO[N]CC. The van der Waals surface area contributed by atoms with Gasteiger partial charge in [0.1, 0.15) is 0 Å². The van der Waals surface area contributed by atoms with Gasteiger partial charge in [-0.3, -0.25) is 4.84 Å². The van der Waals surface area contributed by atoms with Crippen molar-refractivity contribution in [1.29, 1.82) is 0 Å². The Hall–Kier alpha value is -0.0800. The van der Waals surface area contributed by atoms with Crippen molar-refractivity contribution in [2.24, 2.45) is 0 Å². The summed E-state index contributed by atoms with van der Waals surface area (Å²) >= 11 is 0. The van der Waals surface area contributed by atoms with E-state index >= 15 is 0 Å². The van der Waals surface area contributed by atoms with Gasteiger partial charge in [-0.2, -0.15) is 0 Å². The summed E-state index contributed by atoms with van der Waals surface area (Å²) in [7, 11) is 0. The average Bonchev–Trinajstić information content (AvgIpc) is 2.31. The zero-order valence-corrected chi connectivity index (χ0v) is 11.3. The van der Waals surface area contributed by atoms with Crippen molar-refractivity contribution in [3.8, 4) is 0 Å². The van der Waals surface area contributed by atoms with Crippen molar-refractivity contribution in [2.45, 2.75) is 78.1 Å². The second kappa shape index (κ2) is 14.9. The lowest BCUT2D eigenvalue weighted by Crippen LogP contribution is -2.06. The fourth-order valence-corrected chi connectivity index (χ4v) is 1.81. The first-order valence-electron chi connectivity index (χ1n) is 7.20. The summed E-state index contributed by atoms with van der Waals surface area (Å²) in [6, 6.07) is 0. The second-order valence-electron chi connectivity index (χ2n) is 4.46. The molecule has 0 atom stereocenters. The maximum atomic E-state index is 5.08. The first-order chi connectivity index (χ1) is 7.91. The summed E-state index contributed by atoms with van der Waals surface area (Å²) in [5.74, 6) is 0. The van der Waals surface area contributed by atoms with Crippen molar-refractivity contribution >= 4 is 0 Å². The van der Waals surface area contributed by atoms with Gasteiger partial charge < -0.3 is 0 Å². The average molecular weight is 228 g/mol. The van der Waals surface area contributed by atoms with Crippen LogP contribution in [0.15, 0.2) is 0 Å². The topological polar surface area (TPSA) is 23.3 Å². The van der Waals surface area contributed by atoms with Gasteiger partial charge in [0.25, 0.3) is 0 Å². The Morgan fingerprint density at radius 3 is 1.69 bits per heavy atom.